The molecule has 1 N–H and O–H groups in total. The normalized spacial score (nSPS) is 11.2. The molecule has 0 saturated heterocycles. The topological polar surface area (TPSA) is 84.3 Å². The van der Waals surface area contributed by atoms with Gasteiger partial charge in [0.25, 0.3) is 0 Å². The number of aryl methyl sites for hydroxylation is 1. The Morgan fingerprint density at radius 2 is 2.04 bits per heavy atom. The van der Waals surface area contributed by atoms with Gasteiger partial charge < -0.3 is 9.88 Å². The Morgan fingerprint density at radius 1 is 1.33 bits per heavy atom. The number of carbonyl (C=O) groups excluding carboxylic acids is 1. The van der Waals surface area contributed by atoms with Crippen molar-refractivity contribution >= 4 is 37.5 Å². The van der Waals surface area contributed by atoms with Gasteiger partial charge in [0.2, 0.25) is 15.9 Å². The van der Waals surface area contributed by atoms with Crippen LogP contribution in [0.1, 0.15) is 6.42 Å². The first-order valence-electron chi connectivity index (χ1n) is 7.32. The zero-order valence-electron chi connectivity index (χ0n) is 13.2. The molecule has 0 atom stereocenters. The number of hydrogen-bond acceptors (Lipinski definition) is 4. The number of hydrogen-bond donors (Lipinski definition) is 1. The van der Waals surface area contributed by atoms with Crippen molar-refractivity contribution in [3.8, 4) is 0 Å². The van der Waals surface area contributed by atoms with Gasteiger partial charge in [0.1, 0.15) is 6.54 Å². The number of imidazole rings is 1. The largest absolute Gasteiger partial charge is 0.354 e. The van der Waals surface area contributed by atoms with Gasteiger partial charge in [-0.15, -0.1) is 0 Å². The zero-order valence-corrected chi connectivity index (χ0v) is 15.6. The Morgan fingerprint density at radius 3 is 2.62 bits per heavy atom. The van der Waals surface area contributed by atoms with Crippen LogP contribution in [0.5, 0.6) is 0 Å². The van der Waals surface area contributed by atoms with Gasteiger partial charge in [0, 0.05) is 30.0 Å². The van der Waals surface area contributed by atoms with E-state index < -0.39 is 10.0 Å². The summed E-state index contributed by atoms with van der Waals surface area (Å²) in [6.45, 7) is 0.962. The molecule has 130 valence electrons. The van der Waals surface area contributed by atoms with Crippen molar-refractivity contribution in [1.29, 1.82) is 0 Å². The van der Waals surface area contributed by atoms with Gasteiger partial charge in [-0.1, -0.05) is 15.9 Å². The van der Waals surface area contributed by atoms with Crippen LogP contribution in [-0.4, -0.2) is 43.2 Å². The average Bonchev–Trinajstić information content (AvgIpc) is 3.02. The molecule has 0 bridgehead atoms. The Labute approximate surface area is 149 Å². The molecule has 24 heavy (non-hydrogen) atoms. The molecule has 2 aromatic rings. The number of halogens is 1. The van der Waals surface area contributed by atoms with E-state index in [9.17, 15) is 13.2 Å². The predicted molar refractivity (Wildman–Crippen MR) is 96.2 cm³/mol. The van der Waals surface area contributed by atoms with E-state index in [1.165, 1.54) is 0 Å². The zero-order chi connectivity index (χ0) is 17.6. The summed E-state index contributed by atoms with van der Waals surface area (Å²) >= 11 is 3.30. The fraction of sp³-hybridized carbons (Fsp3) is 0.333. The molecule has 2 rings (SSSR count). The third kappa shape index (κ3) is 5.64. The molecule has 0 aliphatic heterocycles. The molecule has 9 heteroatoms. The van der Waals surface area contributed by atoms with Crippen molar-refractivity contribution in [2.45, 2.75) is 13.0 Å². The Hall–Kier alpha value is -1.87. The molecule has 0 fully saturated rings. The molecule has 7 nitrogen and oxygen atoms in total. The maximum Gasteiger partial charge on any atom is 0.240 e. The van der Waals surface area contributed by atoms with Crippen molar-refractivity contribution in [3.05, 3.63) is 47.5 Å². The second-order valence-electron chi connectivity index (χ2n) is 5.25. The van der Waals surface area contributed by atoms with Gasteiger partial charge in [-0.25, -0.2) is 13.4 Å². The van der Waals surface area contributed by atoms with Crippen LogP contribution in [0.25, 0.3) is 0 Å². The highest BCUT2D eigenvalue weighted by molar-refractivity contribution is 9.10. The molecule has 1 aromatic heterocycles. The highest BCUT2D eigenvalue weighted by Crippen LogP contribution is 2.20. The number of anilines is 1. The maximum atomic E-state index is 12.1. The number of amides is 1. The van der Waals surface area contributed by atoms with Crippen LogP contribution in [0.3, 0.4) is 0 Å². The number of benzene rings is 1. The highest BCUT2D eigenvalue weighted by atomic mass is 79.9. The summed E-state index contributed by atoms with van der Waals surface area (Å²) in [5.74, 6) is -0.339. The maximum absolute atomic E-state index is 12.1. The minimum absolute atomic E-state index is 0.245. The number of sulfonamides is 1. The lowest BCUT2D eigenvalue weighted by atomic mass is 10.3. The Kier molecular flexibility index (Phi) is 6.38. The monoisotopic (exact) mass is 414 g/mol. The second-order valence-corrected chi connectivity index (χ2v) is 8.07. The van der Waals surface area contributed by atoms with Crippen LogP contribution >= 0.6 is 15.9 Å². The van der Waals surface area contributed by atoms with Crippen LogP contribution in [0.15, 0.2) is 47.5 Å². The van der Waals surface area contributed by atoms with Gasteiger partial charge >= 0.3 is 0 Å². The Bertz CT molecular complexity index is 761. The van der Waals surface area contributed by atoms with Crippen molar-refractivity contribution in [2.24, 2.45) is 0 Å². The average molecular weight is 415 g/mol. The SMILES string of the molecule is CS(=O)(=O)N(CC(=O)NCCCn1ccnc1)c1ccc(Br)cc1. The lowest BCUT2D eigenvalue weighted by Crippen LogP contribution is -2.40. The minimum Gasteiger partial charge on any atom is -0.354 e. The van der Waals surface area contributed by atoms with Gasteiger partial charge in [-0.05, 0) is 30.7 Å². The highest BCUT2D eigenvalue weighted by Gasteiger charge is 2.20. The third-order valence-electron chi connectivity index (χ3n) is 3.28. The van der Waals surface area contributed by atoms with Crippen LogP contribution in [0, 0.1) is 0 Å². The molecule has 0 radical (unpaired) electrons. The van der Waals surface area contributed by atoms with E-state index in [0.717, 1.165) is 28.0 Å². The molecule has 0 aliphatic carbocycles. The minimum atomic E-state index is -3.55. The van der Waals surface area contributed by atoms with Gasteiger partial charge in [0.05, 0.1) is 18.3 Å². The van der Waals surface area contributed by atoms with Crippen LogP contribution in [0.4, 0.5) is 5.69 Å². The van der Waals surface area contributed by atoms with E-state index in [-0.39, 0.29) is 12.5 Å². The molecule has 0 unspecified atom stereocenters. The van der Waals surface area contributed by atoms with Crippen molar-refractivity contribution in [2.75, 3.05) is 23.7 Å². The predicted octanol–water partition coefficient (Wildman–Crippen LogP) is 1.62. The summed E-state index contributed by atoms with van der Waals surface area (Å²) in [7, 11) is -3.55. The van der Waals surface area contributed by atoms with Crippen molar-refractivity contribution in [3.63, 3.8) is 0 Å². The van der Waals surface area contributed by atoms with E-state index >= 15 is 0 Å². The first kappa shape index (κ1) is 18.5. The summed E-state index contributed by atoms with van der Waals surface area (Å²) in [6.07, 6.45) is 7.07. The van der Waals surface area contributed by atoms with Crippen LogP contribution < -0.4 is 9.62 Å². The quantitative estimate of drug-likeness (QED) is 0.665. The van der Waals surface area contributed by atoms with E-state index in [2.05, 4.69) is 26.2 Å². The van der Waals surface area contributed by atoms with Crippen molar-refractivity contribution in [1.82, 2.24) is 14.9 Å². The molecular weight excluding hydrogens is 396 g/mol. The standard InChI is InChI=1S/C15H19BrN4O3S/c1-24(22,23)20(14-5-3-13(16)4-6-14)11-15(21)18-7-2-9-19-10-8-17-12-19/h3-6,8,10,12H,2,7,9,11H2,1H3,(H,18,21). The fourth-order valence-corrected chi connectivity index (χ4v) is 3.22. The molecule has 1 aromatic carbocycles. The van der Waals surface area contributed by atoms with E-state index in [1.807, 2.05) is 10.8 Å². The number of rotatable bonds is 8. The smallest absolute Gasteiger partial charge is 0.240 e. The first-order valence-corrected chi connectivity index (χ1v) is 9.96. The summed E-state index contributed by atoms with van der Waals surface area (Å²) in [5.41, 5.74) is 0.453. The molecule has 1 amide bonds. The molecule has 0 saturated carbocycles. The number of nitrogens with one attached hydrogen (secondary N) is 1. The third-order valence-corrected chi connectivity index (χ3v) is 4.95. The lowest BCUT2D eigenvalue weighted by molar-refractivity contribution is -0.119. The molecule has 0 spiro atoms. The number of nitrogens with zero attached hydrogens (tertiary/aromatic N) is 3. The van der Waals surface area contributed by atoms with E-state index in [0.29, 0.717) is 12.2 Å². The van der Waals surface area contributed by atoms with Crippen molar-refractivity contribution < 1.29 is 13.2 Å². The number of aromatic nitrogens is 2. The summed E-state index contributed by atoms with van der Waals surface area (Å²) < 4.78 is 27.8. The summed E-state index contributed by atoms with van der Waals surface area (Å²) in [6, 6.07) is 6.77. The van der Waals surface area contributed by atoms with Gasteiger partial charge in [0.15, 0.2) is 0 Å². The second kappa shape index (κ2) is 8.29. The summed E-state index contributed by atoms with van der Waals surface area (Å²) in [4.78, 5) is 16.0. The molecular formula is C15H19BrN4O3S. The first-order chi connectivity index (χ1) is 11.4. The number of carbonyl (C=O) groups is 1. The summed E-state index contributed by atoms with van der Waals surface area (Å²) in [5, 5.41) is 2.74. The van der Waals surface area contributed by atoms with Crippen LogP contribution in [-0.2, 0) is 21.4 Å². The molecule has 0 aliphatic rings. The Balaban J connectivity index is 1.89. The van der Waals surface area contributed by atoms with Crippen LogP contribution in [0.2, 0.25) is 0 Å². The van der Waals surface area contributed by atoms with Gasteiger partial charge in [-0.2, -0.15) is 0 Å². The van der Waals surface area contributed by atoms with E-state index in [1.54, 1.807) is 36.8 Å². The fourth-order valence-electron chi connectivity index (χ4n) is 2.10. The van der Waals surface area contributed by atoms with Gasteiger partial charge in [-0.3, -0.25) is 9.10 Å². The molecule has 1 heterocycles. The lowest BCUT2D eigenvalue weighted by Gasteiger charge is -2.22. The van der Waals surface area contributed by atoms with E-state index in [4.69, 9.17) is 0 Å².